The Morgan fingerprint density at radius 3 is 0.811 bits per heavy atom. The van der Waals surface area contributed by atoms with Crippen molar-refractivity contribution in [3.05, 3.63) is 0 Å². The minimum Gasteiger partial charge on any atom is -0.462 e. The molecule has 0 aromatic carbocycles. The van der Waals surface area contributed by atoms with E-state index in [4.69, 9.17) is 28.4 Å². The Labute approximate surface area is 325 Å². The van der Waals surface area contributed by atoms with Gasteiger partial charge in [-0.1, -0.05) is 27.7 Å². The Hall–Kier alpha value is -1.30. The molecule has 4 atom stereocenters. The zero-order valence-corrected chi connectivity index (χ0v) is 37.8. The highest BCUT2D eigenvalue weighted by Crippen LogP contribution is 2.51. The summed E-state index contributed by atoms with van der Waals surface area (Å²) in [4.78, 5) is 22.5. The van der Waals surface area contributed by atoms with E-state index in [2.05, 4.69) is 55.4 Å². The predicted octanol–water partition coefficient (Wildman–Crippen LogP) is 8.70. The minimum absolute atomic E-state index is 0.0780. The maximum absolute atomic E-state index is 11.2. The fraction of sp³-hybridized carbons (Fsp3) is 0.953. The van der Waals surface area contributed by atoms with Crippen molar-refractivity contribution in [2.45, 2.75) is 209 Å². The number of carbonyl (C=O) groups excluding carboxylic acids is 2. The van der Waals surface area contributed by atoms with Crippen molar-refractivity contribution in [3.63, 3.8) is 0 Å². The molecule has 0 aromatic rings. The van der Waals surface area contributed by atoms with Gasteiger partial charge in [-0.15, -0.1) is 0 Å². The number of ether oxygens (including phenoxy) is 6. The van der Waals surface area contributed by atoms with E-state index in [1.54, 1.807) is 27.7 Å². The fourth-order valence-corrected chi connectivity index (χ4v) is 6.88. The molecule has 0 saturated heterocycles. The summed E-state index contributed by atoms with van der Waals surface area (Å²) in [5.74, 6) is -0.358. The molecule has 0 radical (unpaired) electrons. The van der Waals surface area contributed by atoms with E-state index in [1.807, 2.05) is 55.4 Å². The van der Waals surface area contributed by atoms with Gasteiger partial charge in [0, 0.05) is 23.7 Å². The Morgan fingerprint density at radius 2 is 0.623 bits per heavy atom. The maximum Gasteiger partial charge on any atom is 0.293 e. The van der Waals surface area contributed by atoms with Gasteiger partial charge in [-0.25, -0.2) is 0 Å². The summed E-state index contributed by atoms with van der Waals surface area (Å²) in [6, 6.07) is 0. The van der Waals surface area contributed by atoms with Crippen LogP contribution in [-0.4, -0.2) is 94.4 Å². The van der Waals surface area contributed by atoms with Crippen LogP contribution in [0.5, 0.6) is 0 Å². The van der Waals surface area contributed by atoms with Gasteiger partial charge in [0.1, 0.15) is 11.2 Å². The van der Waals surface area contributed by atoms with Crippen LogP contribution < -0.4 is 0 Å². The first-order chi connectivity index (χ1) is 23.5. The zero-order valence-electron chi connectivity index (χ0n) is 37.8. The molecule has 2 N–H and O–H groups in total. The van der Waals surface area contributed by atoms with Gasteiger partial charge in [0.05, 0.1) is 60.0 Å². The molecule has 10 heteroatoms. The van der Waals surface area contributed by atoms with E-state index in [1.165, 1.54) is 0 Å². The SMILES string of the molecule is CC(COC(C)(C)CC(CC(C)(C)OCC(C)C(C)(C)O)(CC(C)(C)OCC(C)C(C)(C)OC=O)CC(C)(C)OCC(C)C(C)(C)OC=O)C(C)(C)O. The number of hydrogen-bond donors (Lipinski definition) is 2. The highest BCUT2D eigenvalue weighted by atomic mass is 16.6. The van der Waals surface area contributed by atoms with Crippen molar-refractivity contribution in [1.29, 1.82) is 0 Å². The highest BCUT2D eigenvalue weighted by Gasteiger charge is 2.49. The molecule has 0 aromatic heterocycles. The largest absolute Gasteiger partial charge is 0.462 e. The topological polar surface area (TPSA) is 130 Å². The third kappa shape index (κ3) is 19.4. The third-order valence-electron chi connectivity index (χ3n) is 11.6. The van der Waals surface area contributed by atoms with E-state index < -0.39 is 50.2 Å². The lowest BCUT2D eigenvalue weighted by Gasteiger charge is -2.51. The zero-order chi connectivity index (χ0) is 42.1. The molecule has 0 saturated carbocycles. The summed E-state index contributed by atoms with van der Waals surface area (Å²) < 4.78 is 37.7. The van der Waals surface area contributed by atoms with Crippen molar-refractivity contribution in [3.8, 4) is 0 Å². The molecule has 0 aliphatic heterocycles. The van der Waals surface area contributed by atoms with Crippen LogP contribution in [0.2, 0.25) is 0 Å². The molecule has 0 amide bonds. The van der Waals surface area contributed by atoms with E-state index >= 15 is 0 Å². The lowest BCUT2D eigenvalue weighted by molar-refractivity contribution is -0.167. The first kappa shape index (κ1) is 51.7. The summed E-state index contributed by atoms with van der Waals surface area (Å²) in [5.41, 5.74) is -6.23. The molecule has 0 bridgehead atoms. The molecule has 0 aliphatic rings. The second-order valence-electron chi connectivity index (χ2n) is 21.0. The second kappa shape index (κ2) is 19.2. The van der Waals surface area contributed by atoms with Gasteiger partial charge in [0.2, 0.25) is 0 Å². The summed E-state index contributed by atoms with van der Waals surface area (Å²) >= 11 is 0. The van der Waals surface area contributed by atoms with Crippen LogP contribution in [-0.2, 0) is 38.0 Å². The van der Waals surface area contributed by atoms with Gasteiger partial charge in [0.25, 0.3) is 12.9 Å². The number of carbonyl (C=O) groups is 2. The lowest BCUT2D eigenvalue weighted by Crippen LogP contribution is -2.50. The fourth-order valence-electron chi connectivity index (χ4n) is 6.88. The van der Waals surface area contributed by atoms with Crippen LogP contribution in [0.25, 0.3) is 0 Å². The quantitative estimate of drug-likeness (QED) is 0.0747. The van der Waals surface area contributed by atoms with Crippen molar-refractivity contribution in [2.75, 3.05) is 26.4 Å². The van der Waals surface area contributed by atoms with Gasteiger partial charge in [-0.3, -0.25) is 9.59 Å². The van der Waals surface area contributed by atoms with E-state index in [9.17, 15) is 19.8 Å². The van der Waals surface area contributed by atoms with Crippen LogP contribution >= 0.6 is 0 Å². The van der Waals surface area contributed by atoms with Gasteiger partial charge >= 0.3 is 0 Å². The Morgan fingerprint density at radius 1 is 0.415 bits per heavy atom. The minimum atomic E-state index is -0.901. The van der Waals surface area contributed by atoms with Crippen LogP contribution in [0.3, 0.4) is 0 Å². The molecule has 0 aliphatic carbocycles. The highest BCUT2D eigenvalue weighted by molar-refractivity contribution is 5.38. The molecular weight excluding hydrogens is 676 g/mol. The molecule has 0 spiro atoms. The van der Waals surface area contributed by atoms with Crippen LogP contribution in [0.15, 0.2) is 0 Å². The molecule has 0 rings (SSSR count). The average molecular weight is 761 g/mol. The maximum atomic E-state index is 11.2. The lowest BCUT2D eigenvalue weighted by atomic mass is 9.62. The van der Waals surface area contributed by atoms with Crippen LogP contribution in [0, 0.1) is 29.1 Å². The van der Waals surface area contributed by atoms with Crippen molar-refractivity contribution in [1.82, 2.24) is 0 Å². The molecule has 53 heavy (non-hydrogen) atoms. The smallest absolute Gasteiger partial charge is 0.293 e. The molecule has 316 valence electrons. The van der Waals surface area contributed by atoms with Gasteiger partial charge < -0.3 is 38.6 Å². The summed E-state index contributed by atoms with van der Waals surface area (Å²) in [6.45, 7) is 42.1. The van der Waals surface area contributed by atoms with E-state index in [-0.39, 0.29) is 23.7 Å². The number of rotatable bonds is 28. The Kier molecular flexibility index (Phi) is 18.8. The summed E-state index contributed by atoms with van der Waals surface area (Å²) in [7, 11) is 0. The van der Waals surface area contributed by atoms with Crippen molar-refractivity contribution in [2.24, 2.45) is 29.1 Å². The molecule has 10 nitrogen and oxygen atoms in total. The van der Waals surface area contributed by atoms with Gasteiger partial charge in [-0.05, 0) is 142 Å². The molecule has 4 unspecified atom stereocenters. The molecule has 0 fully saturated rings. The normalized spacial score (nSPS) is 17.8. The van der Waals surface area contributed by atoms with Crippen molar-refractivity contribution >= 4 is 12.9 Å². The summed E-state index contributed by atoms with van der Waals surface area (Å²) in [6.07, 6.45) is 2.48. The standard InChI is InChI=1S/C43H84O10/c1-31(39(13,14)46)21-48-35(5,6)25-43(26-36(7,8)49-22-32(2)40(15,16)47,27-37(9,10)50-23-33(3)41(17,18)52-29-44)28-38(11,12)51-24-34(4)42(19,20)53-30-45/h29-34,46-47H,21-28H2,1-20H3. The van der Waals surface area contributed by atoms with Crippen molar-refractivity contribution < 1.29 is 48.2 Å². The van der Waals surface area contributed by atoms with Crippen LogP contribution in [0.1, 0.15) is 164 Å². The first-order valence-electron chi connectivity index (χ1n) is 19.7. The first-order valence-corrected chi connectivity index (χ1v) is 19.7. The molecule has 0 heterocycles. The Bertz CT molecular complexity index is 1010. The number of hydrogen-bond acceptors (Lipinski definition) is 10. The number of aliphatic hydroxyl groups is 2. The van der Waals surface area contributed by atoms with E-state index in [0.717, 1.165) is 0 Å². The predicted molar refractivity (Wildman–Crippen MR) is 213 cm³/mol. The monoisotopic (exact) mass is 761 g/mol. The second-order valence-corrected chi connectivity index (χ2v) is 21.0. The van der Waals surface area contributed by atoms with Crippen LogP contribution in [0.4, 0.5) is 0 Å². The molecular formula is C43H84O10. The summed E-state index contributed by atoms with van der Waals surface area (Å²) in [5, 5.41) is 21.4. The Balaban J connectivity index is 7.15. The van der Waals surface area contributed by atoms with Gasteiger partial charge in [-0.2, -0.15) is 0 Å². The third-order valence-corrected chi connectivity index (χ3v) is 11.6. The average Bonchev–Trinajstić information content (AvgIpc) is 2.93. The van der Waals surface area contributed by atoms with Gasteiger partial charge in [0.15, 0.2) is 0 Å². The van der Waals surface area contributed by atoms with E-state index in [0.29, 0.717) is 65.1 Å².